The highest BCUT2D eigenvalue weighted by Crippen LogP contribution is 2.43. The van der Waals surface area contributed by atoms with E-state index in [0.717, 1.165) is 17.5 Å². The smallest absolute Gasteiger partial charge is 0.392 e. The molecule has 3 rings (SSSR count). The van der Waals surface area contributed by atoms with E-state index in [9.17, 15) is 18.3 Å². The lowest BCUT2D eigenvalue weighted by Gasteiger charge is -2.49. The van der Waals surface area contributed by atoms with Crippen molar-refractivity contribution in [2.75, 3.05) is 10.6 Å². The molecule has 0 spiro atoms. The number of anilines is 2. The highest BCUT2D eigenvalue weighted by Gasteiger charge is 2.48. The van der Waals surface area contributed by atoms with Gasteiger partial charge in [-0.2, -0.15) is 18.2 Å². The number of alkyl halides is 3. The third-order valence-corrected chi connectivity index (χ3v) is 5.43. The molecule has 0 aliphatic heterocycles. The Bertz CT molecular complexity index is 871. The summed E-state index contributed by atoms with van der Waals surface area (Å²) in [5, 5.41) is 15.7. The molecule has 0 aromatic carbocycles. The third-order valence-electron chi connectivity index (χ3n) is 5.43. The first-order valence-electron chi connectivity index (χ1n) is 9.41. The van der Waals surface area contributed by atoms with E-state index in [1.165, 1.54) is 6.33 Å². The van der Waals surface area contributed by atoms with Gasteiger partial charge in [0.15, 0.2) is 0 Å². The number of nitrogens with one attached hydrogen (secondary N) is 2. The maximum absolute atomic E-state index is 13.4. The fraction of sp³-hybridized carbons (Fsp3) is 0.579. The van der Waals surface area contributed by atoms with Crippen LogP contribution >= 0.6 is 0 Å². The fourth-order valence-corrected chi connectivity index (χ4v) is 3.30. The van der Waals surface area contributed by atoms with Crippen LogP contribution in [-0.2, 0) is 12.7 Å². The lowest BCUT2D eigenvalue weighted by molar-refractivity contribution is -0.137. The molecule has 0 amide bonds. The summed E-state index contributed by atoms with van der Waals surface area (Å²) >= 11 is 0. The van der Waals surface area contributed by atoms with E-state index in [0.29, 0.717) is 6.42 Å². The molecule has 0 saturated heterocycles. The number of aliphatic hydroxyl groups excluding tert-OH is 1. The van der Waals surface area contributed by atoms with Gasteiger partial charge in [-0.25, -0.2) is 15.0 Å². The van der Waals surface area contributed by atoms with Crippen molar-refractivity contribution in [2.45, 2.75) is 64.9 Å². The Morgan fingerprint density at radius 3 is 2.55 bits per heavy atom. The summed E-state index contributed by atoms with van der Waals surface area (Å²) in [5.74, 6) is -0.0575. The first-order valence-corrected chi connectivity index (χ1v) is 9.41. The van der Waals surface area contributed by atoms with Crippen molar-refractivity contribution in [1.82, 2.24) is 19.9 Å². The molecule has 2 unspecified atom stereocenters. The monoisotopic (exact) mass is 410 g/mol. The Hall–Kier alpha value is -2.49. The molecule has 0 bridgehead atoms. The van der Waals surface area contributed by atoms with Crippen LogP contribution in [0.25, 0.3) is 0 Å². The molecule has 2 aromatic heterocycles. The lowest BCUT2D eigenvalue weighted by Crippen LogP contribution is -2.57. The number of rotatable bonds is 6. The molecule has 10 heteroatoms. The Labute approximate surface area is 167 Å². The predicted octanol–water partition coefficient (Wildman–Crippen LogP) is 3.59. The predicted molar refractivity (Wildman–Crippen MR) is 102 cm³/mol. The number of nitrogens with zero attached hydrogens (tertiary/aromatic N) is 4. The van der Waals surface area contributed by atoms with Crippen LogP contribution in [0.2, 0.25) is 0 Å². The molecule has 29 heavy (non-hydrogen) atoms. The summed E-state index contributed by atoms with van der Waals surface area (Å²) in [4.78, 5) is 16.2. The van der Waals surface area contributed by atoms with E-state index in [-0.39, 0.29) is 30.3 Å². The molecule has 0 radical (unpaired) electrons. The fourth-order valence-electron chi connectivity index (χ4n) is 3.30. The summed E-state index contributed by atoms with van der Waals surface area (Å²) in [6, 6.07) is -0.323. The van der Waals surface area contributed by atoms with Crippen LogP contribution in [0, 0.1) is 5.41 Å². The Morgan fingerprint density at radius 1 is 1.24 bits per heavy atom. The minimum atomic E-state index is -4.59. The average Bonchev–Trinajstić information content (AvgIpc) is 2.65. The van der Waals surface area contributed by atoms with Crippen molar-refractivity contribution in [3.63, 3.8) is 0 Å². The molecule has 1 fully saturated rings. The topological polar surface area (TPSA) is 95.9 Å². The van der Waals surface area contributed by atoms with Gasteiger partial charge >= 0.3 is 6.18 Å². The van der Waals surface area contributed by atoms with E-state index in [1.54, 1.807) is 20.0 Å². The first-order chi connectivity index (χ1) is 13.5. The number of hydrogen-bond donors (Lipinski definition) is 3. The van der Waals surface area contributed by atoms with Gasteiger partial charge < -0.3 is 15.7 Å². The van der Waals surface area contributed by atoms with E-state index in [2.05, 4.69) is 30.6 Å². The molecule has 2 aromatic rings. The van der Waals surface area contributed by atoms with Gasteiger partial charge in [0.05, 0.1) is 11.8 Å². The van der Waals surface area contributed by atoms with Crippen LogP contribution < -0.4 is 10.6 Å². The van der Waals surface area contributed by atoms with Crippen molar-refractivity contribution < 1.29 is 18.3 Å². The number of halogens is 3. The molecule has 3 N–H and O–H groups in total. The van der Waals surface area contributed by atoms with Crippen LogP contribution in [0.4, 0.5) is 24.9 Å². The molecular formula is C19H25F3N6O. The maximum Gasteiger partial charge on any atom is 0.421 e. The zero-order valence-electron chi connectivity index (χ0n) is 16.7. The molecule has 7 nitrogen and oxygen atoms in total. The van der Waals surface area contributed by atoms with E-state index >= 15 is 0 Å². The number of hydrogen-bond acceptors (Lipinski definition) is 7. The average molecular weight is 410 g/mol. The molecule has 1 saturated carbocycles. The summed E-state index contributed by atoms with van der Waals surface area (Å²) < 4.78 is 40.2. The van der Waals surface area contributed by atoms with Gasteiger partial charge in [-0.05, 0) is 12.3 Å². The van der Waals surface area contributed by atoms with Gasteiger partial charge in [0.1, 0.15) is 17.7 Å². The van der Waals surface area contributed by atoms with E-state index in [1.807, 2.05) is 13.8 Å². The van der Waals surface area contributed by atoms with Gasteiger partial charge in [-0.15, -0.1) is 0 Å². The molecule has 2 atom stereocenters. The second kappa shape index (κ2) is 7.74. The quantitative estimate of drug-likeness (QED) is 0.670. The molecule has 1 aliphatic rings. The normalized spacial score (nSPS) is 21.0. The Balaban J connectivity index is 1.82. The maximum atomic E-state index is 13.4. The zero-order valence-corrected chi connectivity index (χ0v) is 16.7. The second-order valence-electron chi connectivity index (χ2n) is 8.16. The standard InChI is InChI=1S/C19H25F3N6O/c1-10(2)15-11(6-23-9-26-15)7-24-17-25-8-12(19(20,21)22)16(28-17)27-13-5-14(29)18(13,3)4/h6,8-10,13-14,29H,5,7H2,1-4H3,(H2,24,25,27,28). The molecule has 158 valence electrons. The Kier molecular flexibility index (Phi) is 5.66. The summed E-state index contributed by atoms with van der Waals surface area (Å²) in [6.45, 7) is 7.88. The minimum absolute atomic E-state index is 0.0664. The van der Waals surface area contributed by atoms with Crippen molar-refractivity contribution >= 4 is 11.8 Å². The molecule has 1 aliphatic carbocycles. The lowest BCUT2D eigenvalue weighted by atomic mass is 9.64. The van der Waals surface area contributed by atoms with Crippen LogP contribution in [-0.4, -0.2) is 37.2 Å². The van der Waals surface area contributed by atoms with Crippen LogP contribution in [0.1, 0.15) is 56.9 Å². The highest BCUT2D eigenvalue weighted by atomic mass is 19.4. The highest BCUT2D eigenvalue weighted by molar-refractivity contribution is 5.50. The van der Waals surface area contributed by atoms with Crippen molar-refractivity contribution in [1.29, 1.82) is 0 Å². The van der Waals surface area contributed by atoms with Crippen molar-refractivity contribution in [3.8, 4) is 0 Å². The van der Waals surface area contributed by atoms with Crippen LogP contribution in [0.3, 0.4) is 0 Å². The number of aromatic nitrogens is 4. The van der Waals surface area contributed by atoms with Gasteiger partial charge in [0.25, 0.3) is 0 Å². The van der Waals surface area contributed by atoms with Crippen molar-refractivity contribution in [2.24, 2.45) is 5.41 Å². The van der Waals surface area contributed by atoms with Crippen LogP contribution in [0.5, 0.6) is 0 Å². The SMILES string of the molecule is CC(C)c1ncncc1CNc1ncc(C(F)(F)F)c(NC2CC(O)C2(C)C)n1. The van der Waals surface area contributed by atoms with Gasteiger partial charge in [-0.3, -0.25) is 0 Å². The summed E-state index contributed by atoms with van der Waals surface area (Å²) in [6.07, 6.45) is -0.908. The molecular weight excluding hydrogens is 385 g/mol. The zero-order chi connectivity index (χ0) is 21.4. The van der Waals surface area contributed by atoms with E-state index in [4.69, 9.17) is 0 Å². The first kappa shape index (κ1) is 21.2. The summed E-state index contributed by atoms with van der Waals surface area (Å²) in [5.41, 5.74) is 0.187. The largest absolute Gasteiger partial charge is 0.421 e. The van der Waals surface area contributed by atoms with E-state index < -0.39 is 23.3 Å². The van der Waals surface area contributed by atoms with Gasteiger partial charge in [0, 0.05) is 36.0 Å². The van der Waals surface area contributed by atoms with Crippen molar-refractivity contribution in [3.05, 3.63) is 35.5 Å². The van der Waals surface area contributed by atoms with Crippen LogP contribution in [0.15, 0.2) is 18.7 Å². The third kappa shape index (κ3) is 4.42. The second-order valence-corrected chi connectivity index (χ2v) is 8.16. The number of aliphatic hydroxyl groups is 1. The molecule has 2 heterocycles. The Morgan fingerprint density at radius 2 is 1.97 bits per heavy atom. The van der Waals surface area contributed by atoms with Gasteiger partial charge in [0.2, 0.25) is 5.95 Å². The minimum Gasteiger partial charge on any atom is -0.392 e. The van der Waals surface area contributed by atoms with Gasteiger partial charge in [-0.1, -0.05) is 27.7 Å². The summed E-state index contributed by atoms with van der Waals surface area (Å²) in [7, 11) is 0.